The summed E-state index contributed by atoms with van der Waals surface area (Å²) in [5.74, 6) is -1.29. The fourth-order valence-corrected chi connectivity index (χ4v) is 5.38. The van der Waals surface area contributed by atoms with E-state index in [4.69, 9.17) is 4.74 Å². The number of carbonyl (C=O) groups is 2. The van der Waals surface area contributed by atoms with E-state index in [1.165, 1.54) is 47.2 Å². The number of nitrogens with zero attached hydrogens (tertiary/aromatic N) is 4. The highest BCUT2D eigenvalue weighted by molar-refractivity contribution is 7.89. The molecule has 222 valence electrons. The van der Waals surface area contributed by atoms with E-state index in [0.29, 0.717) is 5.56 Å². The van der Waals surface area contributed by atoms with Crippen molar-refractivity contribution in [2.75, 3.05) is 32.1 Å². The van der Waals surface area contributed by atoms with E-state index in [1.54, 1.807) is 20.9 Å². The lowest BCUT2D eigenvalue weighted by Gasteiger charge is -2.33. The van der Waals surface area contributed by atoms with E-state index >= 15 is 0 Å². The average Bonchev–Trinajstić information content (AvgIpc) is 3.33. The van der Waals surface area contributed by atoms with Crippen molar-refractivity contribution < 1.29 is 41.0 Å². The number of aliphatic hydroxyl groups excluding tert-OH is 1. The number of fused-ring (bicyclic) bond motifs is 1. The third-order valence-corrected chi connectivity index (χ3v) is 8.34. The second-order valence-electron chi connectivity index (χ2n) is 10.0. The third-order valence-electron chi connectivity index (χ3n) is 6.63. The Morgan fingerprint density at radius 2 is 2.05 bits per heavy atom. The van der Waals surface area contributed by atoms with E-state index in [-0.39, 0.29) is 54.4 Å². The third kappa shape index (κ3) is 7.95. The van der Waals surface area contributed by atoms with Gasteiger partial charge in [0, 0.05) is 50.4 Å². The first-order valence-electron chi connectivity index (χ1n) is 12.6. The maximum atomic E-state index is 13.3. The second-order valence-corrected chi connectivity index (χ2v) is 12.0. The fraction of sp³-hybridized carbons (Fsp3) is 0.560. The summed E-state index contributed by atoms with van der Waals surface area (Å²) >= 11 is 0. The first kappa shape index (κ1) is 31.4. The summed E-state index contributed by atoms with van der Waals surface area (Å²) in [4.78, 5) is 30.8. The molecule has 2 amide bonds. The van der Waals surface area contributed by atoms with Crippen LogP contribution in [0.25, 0.3) is 0 Å². The number of aliphatic hydroxyl groups is 1. The van der Waals surface area contributed by atoms with Gasteiger partial charge in [-0.2, -0.15) is 17.5 Å². The number of hydrogen-bond acceptors (Lipinski definition) is 7. The SMILES string of the molecule is C[C@@H]1CN([C@H](C)CO)C(=O)Cc2cc(NC(=O)CCC(F)(F)F)ccc2O[C@H]1CN(C)S(=O)(=O)c1cn(C)cn1. The molecule has 1 aliphatic heterocycles. The van der Waals surface area contributed by atoms with Crippen LogP contribution in [0, 0.1) is 5.92 Å². The highest BCUT2D eigenvalue weighted by atomic mass is 32.2. The Morgan fingerprint density at radius 3 is 2.65 bits per heavy atom. The van der Waals surface area contributed by atoms with E-state index in [2.05, 4.69) is 10.3 Å². The normalized spacial score (nSPS) is 19.3. The largest absolute Gasteiger partial charge is 0.488 e. The minimum absolute atomic E-state index is 0.0923. The summed E-state index contributed by atoms with van der Waals surface area (Å²) in [6.07, 6.45) is -4.67. The fourth-order valence-electron chi connectivity index (χ4n) is 4.24. The van der Waals surface area contributed by atoms with Crippen molar-refractivity contribution in [2.24, 2.45) is 13.0 Å². The molecular weight excluding hydrogens is 555 g/mol. The van der Waals surface area contributed by atoms with Crippen LogP contribution >= 0.6 is 0 Å². The molecule has 2 heterocycles. The molecule has 0 unspecified atom stereocenters. The van der Waals surface area contributed by atoms with Gasteiger partial charge in [-0.3, -0.25) is 9.59 Å². The van der Waals surface area contributed by atoms with Crippen LogP contribution in [0.15, 0.2) is 35.7 Å². The average molecular weight is 590 g/mol. The molecule has 0 saturated carbocycles. The standard InChI is InChI=1S/C25H34F3N5O6S/c1-16-11-33(17(2)14-34)24(36)10-18-9-19(30-22(35)7-8-25(26,27)28)5-6-20(18)39-21(16)12-32(4)40(37,38)23-13-31(3)15-29-23/h5-6,9,13,15-17,21,34H,7-8,10-12,14H2,1-4H3,(H,30,35)/t16-,17-,21+/m1/s1. The number of benzene rings is 1. The number of carbonyl (C=O) groups excluding carboxylic acids is 2. The number of hydrogen-bond donors (Lipinski definition) is 2. The van der Waals surface area contributed by atoms with Crippen molar-refractivity contribution >= 4 is 27.5 Å². The highest BCUT2D eigenvalue weighted by Gasteiger charge is 2.34. The van der Waals surface area contributed by atoms with Crippen molar-refractivity contribution in [3.63, 3.8) is 0 Å². The van der Waals surface area contributed by atoms with Gasteiger partial charge in [-0.05, 0) is 25.1 Å². The smallest absolute Gasteiger partial charge is 0.389 e. The monoisotopic (exact) mass is 589 g/mol. The molecule has 1 aliphatic rings. The Bertz CT molecular complexity index is 1320. The van der Waals surface area contributed by atoms with Crippen LogP contribution in [-0.2, 0) is 33.1 Å². The molecule has 15 heteroatoms. The molecule has 0 spiro atoms. The zero-order valence-electron chi connectivity index (χ0n) is 22.7. The molecule has 2 N–H and O–H groups in total. The van der Waals surface area contributed by atoms with Crippen LogP contribution in [-0.4, -0.2) is 89.2 Å². The number of aryl methyl sites for hydroxylation is 1. The molecular formula is C25H34F3N5O6S. The number of halogens is 3. The molecule has 3 atom stereocenters. The minimum atomic E-state index is -4.47. The first-order valence-corrected chi connectivity index (χ1v) is 14.1. The summed E-state index contributed by atoms with van der Waals surface area (Å²) in [7, 11) is -0.915. The zero-order chi connectivity index (χ0) is 29.8. The highest BCUT2D eigenvalue weighted by Crippen LogP contribution is 2.30. The molecule has 0 radical (unpaired) electrons. The number of nitrogens with one attached hydrogen (secondary N) is 1. The Labute approximate surface area is 231 Å². The summed E-state index contributed by atoms with van der Waals surface area (Å²) in [6.45, 7) is 3.24. The van der Waals surface area contributed by atoms with Crippen LogP contribution in [0.3, 0.4) is 0 Å². The maximum Gasteiger partial charge on any atom is 0.389 e. The molecule has 40 heavy (non-hydrogen) atoms. The van der Waals surface area contributed by atoms with Gasteiger partial charge in [-0.25, -0.2) is 13.4 Å². The number of ether oxygens (including phenoxy) is 1. The van der Waals surface area contributed by atoms with E-state index in [1.807, 2.05) is 0 Å². The van der Waals surface area contributed by atoms with Gasteiger partial charge in [0.1, 0.15) is 11.9 Å². The van der Waals surface area contributed by atoms with Crippen LogP contribution in [0.4, 0.5) is 18.9 Å². The number of amides is 2. The van der Waals surface area contributed by atoms with Crippen molar-refractivity contribution in [3.8, 4) is 5.75 Å². The maximum absolute atomic E-state index is 13.3. The molecule has 0 bridgehead atoms. The quantitative estimate of drug-likeness (QED) is 0.458. The van der Waals surface area contributed by atoms with Crippen molar-refractivity contribution in [2.45, 2.75) is 56.5 Å². The number of alkyl halides is 3. The van der Waals surface area contributed by atoms with Gasteiger partial charge in [0.25, 0.3) is 10.0 Å². The second kappa shape index (κ2) is 12.6. The molecule has 11 nitrogen and oxygen atoms in total. The van der Waals surface area contributed by atoms with Gasteiger partial charge in [0.2, 0.25) is 11.8 Å². The Balaban J connectivity index is 1.92. The van der Waals surface area contributed by atoms with E-state index < -0.39 is 47.1 Å². The van der Waals surface area contributed by atoms with Crippen molar-refractivity contribution in [1.82, 2.24) is 18.8 Å². The summed E-state index contributed by atoms with van der Waals surface area (Å²) < 4.78 is 72.6. The molecule has 0 aliphatic carbocycles. The number of anilines is 1. The van der Waals surface area contributed by atoms with Crippen LogP contribution in [0.1, 0.15) is 32.3 Å². The van der Waals surface area contributed by atoms with Gasteiger partial charge in [0.05, 0.1) is 38.4 Å². The van der Waals surface area contributed by atoms with Gasteiger partial charge in [-0.15, -0.1) is 0 Å². The van der Waals surface area contributed by atoms with Crippen molar-refractivity contribution in [1.29, 1.82) is 0 Å². The van der Waals surface area contributed by atoms with Crippen LogP contribution < -0.4 is 10.1 Å². The summed E-state index contributed by atoms with van der Waals surface area (Å²) in [6, 6.07) is 3.83. The Morgan fingerprint density at radius 1 is 1.35 bits per heavy atom. The summed E-state index contributed by atoms with van der Waals surface area (Å²) in [5, 5.41) is 12.0. The van der Waals surface area contributed by atoms with E-state index in [9.17, 15) is 36.3 Å². The van der Waals surface area contributed by atoms with Crippen LogP contribution in [0.2, 0.25) is 0 Å². The lowest BCUT2D eigenvalue weighted by Crippen LogP contribution is -2.48. The number of rotatable bonds is 9. The topological polar surface area (TPSA) is 134 Å². The molecule has 1 aromatic carbocycles. The van der Waals surface area contributed by atoms with E-state index in [0.717, 1.165) is 4.31 Å². The number of imidazole rings is 1. The van der Waals surface area contributed by atoms with Crippen LogP contribution in [0.5, 0.6) is 5.75 Å². The number of aromatic nitrogens is 2. The lowest BCUT2D eigenvalue weighted by atomic mass is 10.0. The van der Waals surface area contributed by atoms with Crippen molar-refractivity contribution in [3.05, 3.63) is 36.3 Å². The molecule has 1 aromatic heterocycles. The molecule has 3 rings (SSSR count). The molecule has 0 fully saturated rings. The Hall–Kier alpha value is -3.17. The van der Waals surface area contributed by atoms with Gasteiger partial charge in [0.15, 0.2) is 5.03 Å². The number of likely N-dealkylation sites (N-methyl/N-ethyl adjacent to an activating group) is 1. The first-order chi connectivity index (χ1) is 18.6. The summed E-state index contributed by atoms with van der Waals surface area (Å²) in [5.41, 5.74) is 0.533. The zero-order valence-corrected chi connectivity index (χ0v) is 23.5. The minimum Gasteiger partial charge on any atom is -0.488 e. The number of sulfonamides is 1. The molecule has 0 saturated heterocycles. The predicted octanol–water partition coefficient (Wildman–Crippen LogP) is 2.17. The van der Waals surface area contributed by atoms with Gasteiger partial charge < -0.3 is 24.6 Å². The lowest BCUT2D eigenvalue weighted by molar-refractivity contribution is -0.142. The molecule has 2 aromatic rings. The predicted molar refractivity (Wildman–Crippen MR) is 139 cm³/mol. The Kier molecular flexibility index (Phi) is 9.85. The van der Waals surface area contributed by atoms with Gasteiger partial charge >= 0.3 is 6.18 Å². The van der Waals surface area contributed by atoms with Gasteiger partial charge in [-0.1, -0.05) is 6.92 Å².